The Morgan fingerprint density at radius 3 is 2.82 bits per heavy atom. The number of hydrogen-bond acceptors (Lipinski definition) is 6. The van der Waals surface area contributed by atoms with Gasteiger partial charge in [-0.05, 0) is 19.3 Å². The number of carbonyl (C=O) groups excluding carboxylic acids is 1. The van der Waals surface area contributed by atoms with E-state index in [1.165, 1.54) is 6.92 Å². The van der Waals surface area contributed by atoms with Crippen molar-refractivity contribution < 1.29 is 14.7 Å². The van der Waals surface area contributed by atoms with Crippen LogP contribution >= 0.6 is 0 Å². The summed E-state index contributed by atoms with van der Waals surface area (Å²) in [5.41, 5.74) is 6.03. The van der Waals surface area contributed by atoms with Crippen LogP contribution in [-0.4, -0.2) is 56.6 Å². The molecule has 0 bridgehead atoms. The van der Waals surface area contributed by atoms with Gasteiger partial charge in [0.25, 0.3) is 0 Å². The fourth-order valence-electron chi connectivity index (χ4n) is 1.95. The van der Waals surface area contributed by atoms with Gasteiger partial charge in [-0.25, -0.2) is 0 Å². The van der Waals surface area contributed by atoms with E-state index < -0.39 is 12.0 Å². The van der Waals surface area contributed by atoms with Crippen molar-refractivity contribution in [1.29, 1.82) is 0 Å². The second-order valence-electron chi connectivity index (χ2n) is 5.14. The van der Waals surface area contributed by atoms with Gasteiger partial charge < -0.3 is 15.7 Å². The number of unbranched alkanes of at least 4 members (excludes halogenated alkanes) is 1. The van der Waals surface area contributed by atoms with Gasteiger partial charge in [-0.15, -0.1) is 5.10 Å². The van der Waals surface area contributed by atoms with Crippen LogP contribution < -0.4 is 11.1 Å². The molecule has 1 unspecified atom stereocenters. The summed E-state index contributed by atoms with van der Waals surface area (Å²) in [6.45, 7) is 2.73. The third kappa shape index (κ3) is 6.19. The number of rotatable bonds is 10. The lowest BCUT2D eigenvalue weighted by Crippen LogP contribution is -2.39. The van der Waals surface area contributed by atoms with Gasteiger partial charge in [0.05, 0.1) is 12.7 Å². The molecule has 0 aliphatic heterocycles. The van der Waals surface area contributed by atoms with Gasteiger partial charge in [-0.2, -0.15) is 0 Å². The molecule has 1 atom stereocenters. The van der Waals surface area contributed by atoms with E-state index in [0.717, 1.165) is 18.5 Å². The Labute approximate surface area is 129 Å². The predicted molar refractivity (Wildman–Crippen MR) is 79.6 cm³/mol. The lowest BCUT2D eigenvalue weighted by molar-refractivity contribution is -0.139. The van der Waals surface area contributed by atoms with E-state index in [4.69, 9.17) is 10.8 Å². The zero-order valence-electron chi connectivity index (χ0n) is 13.0. The summed E-state index contributed by atoms with van der Waals surface area (Å²) in [7, 11) is 1.71. The first kappa shape index (κ1) is 18.1. The van der Waals surface area contributed by atoms with Crippen LogP contribution in [0.5, 0.6) is 0 Å². The van der Waals surface area contributed by atoms with E-state index in [0.29, 0.717) is 19.5 Å². The second kappa shape index (κ2) is 9.11. The number of nitrogens with two attached hydrogens (primary N) is 1. The summed E-state index contributed by atoms with van der Waals surface area (Å²) in [6, 6.07) is -0.611. The van der Waals surface area contributed by atoms with Crippen LogP contribution in [0.25, 0.3) is 0 Å². The normalized spacial score (nSPS) is 12.1. The highest BCUT2D eigenvalue weighted by Crippen LogP contribution is 2.04. The van der Waals surface area contributed by atoms with Crippen LogP contribution in [0.1, 0.15) is 31.9 Å². The summed E-state index contributed by atoms with van der Waals surface area (Å²) in [5.74, 6) is -0.914. The smallest absolute Gasteiger partial charge is 0.320 e. The number of carboxylic acids is 1. The molecule has 124 valence electrons. The number of nitrogens with zero attached hydrogens (tertiary/aromatic N) is 4. The molecule has 0 fully saturated rings. The fraction of sp³-hybridized carbons (Fsp3) is 0.692. The minimum atomic E-state index is -0.888. The van der Waals surface area contributed by atoms with Gasteiger partial charge in [-0.3, -0.25) is 19.6 Å². The molecule has 0 radical (unpaired) electrons. The van der Waals surface area contributed by atoms with Gasteiger partial charge in [0, 0.05) is 27.2 Å². The fourth-order valence-corrected chi connectivity index (χ4v) is 1.95. The number of carbonyl (C=O) groups is 2. The van der Waals surface area contributed by atoms with Crippen LogP contribution in [0, 0.1) is 0 Å². The van der Waals surface area contributed by atoms with Crippen LogP contribution in [0.15, 0.2) is 6.20 Å². The first-order valence-corrected chi connectivity index (χ1v) is 7.21. The minimum absolute atomic E-state index is 0.0262. The van der Waals surface area contributed by atoms with E-state index in [9.17, 15) is 9.59 Å². The molecule has 1 heterocycles. The molecule has 0 aliphatic carbocycles. The Morgan fingerprint density at radius 1 is 1.50 bits per heavy atom. The SMILES string of the molecule is CC(=O)N(C)Cc1cn(CCCCC(NCN)C(=O)O)nn1. The number of nitrogens with one attached hydrogen (secondary N) is 1. The highest BCUT2D eigenvalue weighted by Gasteiger charge is 2.15. The number of aryl methyl sites for hydroxylation is 1. The summed E-state index contributed by atoms with van der Waals surface area (Å²) >= 11 is 0. The molecule has 4 N–H and O–H groups in total. The van der Waals surface area contributed by atoms with Gasteiger partial charge in [0.1, 0.15) is 11.7 Å². The lowest BCUT2D eigenvalue weighted by atomic mass is 10.1. The molecular formula is C13H24N6O3. The maximum Gasteiger partial charge on any atom is 0.320 e. The number of aliphatic carboxylic acids is 1. The molecule has 0 spiro atoms. The van der Waals surface area contributed by atoms with Crippen LogP contribution in [-0.2, 0) is 22.7 Å². The van der Waals surface area contributed by atoms with Crippen molar-refractivity contribution in [3.8, 4) is 0 Å². The molecule has 9 nitrogen and oxygen atoms in total. The third-order valence-electron chi connectivity index (χ3n) is 3.32. The molecular weight excluding hydrogens is 288 g/mol. The molecule has 1 amide bonds. The zero-order valence-corrected chi connectivity index (χ0v) is 13.0. The number of carboxylic acid groups (broad SMARTS) is 1. The van der Waals surface area contributed by atoms with Gasteiger partial charge >= 0.3 is 5.97 Å². The third-order valence-corrected chi connectivity index (χ3v) is 3.32. The Bertz CT molecular complexity index is 490. The number of aromatic nitrogens is 3. The highest BCUT2D eigenvalue weighted by atomic mass is 16.4. The Hall–Kier alpha value is -2.00. The van der Waals surface area contributed by atoms with Crippen molar-refractivity contribution in [1.82, 2.24) is 25.2 Å². The van der Waals surface area contributed by atoms with Crippen molar-refractivity contribution in [2.45, 2.75) is 45.3 Å². The average molecular weight is 312 g/mol. The summed E-state index contributed by atoms with van der Waals surface area (Å²) < 4.78 is 1.70. The number of amides is 1. The largest absolute Gasteiger partial charge is 0.480 e. The van der Waals surface area contributed by atoms with Crippen molar-refractivity contribution >= 4 is 11.9 Å². The van der Waals surface area contributed by atoms with E-state index in [-0.39, 0.29) is 12.6 Å². The van der Waals surface area contributed by atoms with Gasteiger partial charge in [0.15, 0.2) is 0 Å². The maximum absolute atomic E-state index is 11.1. The summed E-state index contributed by atoms with van der Waals surface area (Å²) in [5, 5.41) is 19.7. The molecule has 0 aliphatic rings. The Kier molecular flexibility index (Phi) is 7.47. The topological polar surface area (TPSA) is 126 Å². The monoisotopic (exact) mass is 312 g/mol. The lowest BCUT2D eigenvalue weighted by Gasteiger charge is -2.12. The van der Waals surface area contributed by atoms with E-state index in [1.54, 1.807) is 22.8 Å². The molecule has 9 heteroatoms. The van der Waals surface area contributed by atoms with E-state index >= 15 is 0 Å². The molecule has 1 aromatic heterocycles. The van der Waals surface area contributed by atoms with E-state index in [2.05, 4.69) is 15.6 Å². The first-order chi connectivity index (χ1) is 10.4. The molecule has 0 saturated carbocycles. The summed E-state index contributed by atoms with van der Waals surface area (Å²) in [4.78, 5) is 23.6. The highest BCUT2D eigenvalue weighted by molar-refractivity contribution is 5.73. The first-order valence-electron chi connectivity index (χ1n) is 7.21. The van der Waals surface area contributed by atoms with E-state index in [1.807, 2.05) is 0 Å². The summed E-state index contributed by atoms with van der Waals surface area (Å²) in [6.07, 6.45) is 3.85. The van der Waals surface area contributed by atoms with Crippen molar-refractivity contribution in [3.63, 3.8) is 0 Å². The minimum Gasteiger partial charge on any atom is -0.480 e. The quantitative estimate of drug-likeness (QED) is 0.388. The maximum atomic E-state index is 11.1. The Morgan fingerprint density at radius 2 is 2.23 bits per heavy atom. The van der Waals surface area contributed by atoms with Crippen molar-refractivity contribution in [2.24, 2.45) is 5.73 Å². The average Bonchev–Trinajstić information content (AvgIpc) is 2.89. The predicted octanol–water partition coefficient (Wildman–Crippen LogP) is -0.614. The Balaban J connectivity index is 2.32. The van der Waals surface area contributed by atoms with Gasteiger partial charge in [-0.1, -0.05) is 5.21 Å². The number of hydrogen-bond donors (Lipinski definition) is 3. The molecule has 1 aromatic rings. The van der Waals surface area contributed by atoms with Crippen LogP contribution in [0.4, 0.5) is 0 Å². The standard InChI is InChI=1S/C13H24N6O3/c1-10(20)18(2)7-11-8-19(17-16-11)6-4-3-5-12(13(21)22)15-9-14/h8,12,15H,3-7,9,14H2,1-2H3,(H,21,22). The van der Waals surface area contributed by atoms with Gasteiger partial charge in [0.2, 0.25) is 5.91 Å². The van der Waals surface area contributed by atoms with Crippen molar-refractivity contribution in [2.75, 3.05) is 13.7 Å². The van der Waals surface area contributed by atoms with Crippen LogP contribution in [0.2, 0.25) is 0 Å². The molecule has 0 aromatic carbocycles. The molecule has 1 rings (SSSR count). The molecule has 0 saturated heterocycles. The van der Waals surface area contributed by atoms with Crippen molar-refractivity contribution in [3.05, 3.63) is 11.9 Å². The van der Waals surface area contributed by atoms with Crippen LogP contribution in [0.3, 0.4) is 0 Å². The second-order valence-corrected chi connectivity index (χ2v) is 5.14. The zero-order chi connectivity index (χ0) is 16.5. The molecule has 22 heavy (non-hydrogen) atoms.